The Morgan fingerprint density at radius 2 is 1.82 bits per heavy atom. The highest BCUT2D eigenvalue weighted by Gasteiger charge is 2.20. The smallest absolute Gasteiger partial charge is 0.330 e. The molecule has 0 amide bonds. The van der Waals surface area contributed by atoms with Crippen LogP contribution in [0.15, 0.2) is 0 Å². The van der Waals surface area contributed by atoms with E-state index in [2.05, 4.69) is 4.52 Å². The van der Waals surface area contributed by atoms with E-state index in [-0.39, 0.29) is 0 Å². The van der Waals surface area contributed by atoms with Crippen molar-refractivity contribution in [2.45, 2.75) is 6.10 Å². The van der Waals surface area contributed by atoms with Crippen LogP contribution in [0.5, 0.6) is 0 Å². The van der Waals surface area contributed by atoms with Gasteiger partial charge in [-0.1, -0.05) is 0 Å². The average Bonchev–Trinajstić information content (AvgIpc) is 1.55. The van der Waals surface area contributed by atoms with E-state index in [1.54, 1.807) is 0 Å². The van der Waals surface area contributed by atoms with Gasteiger partial charge in [-0.05, 0) is 0 Å². The summed E-state index contributed by atoms with van der Waals surface area (Å²) in [5.41, 5.74) is 0. The summed E-state index contributed by atoms with van der Waals surface area (Å²) >= 11 is 0. The van der Waals surface area contributed by atoms with Gasteiger partial charge in [0.15, 0.2) is 0 Å². The second-order valence-corrected chi connectivity index (χ2v) is 2.82. The number of hydrogen-bond acceptors (Lipinski definition) is 6. The Kier molecular flexibility index (Phi) is 3.55. The molecule has 6 N–H and O–H groups in total. The molecule has 0 aliphatic heterocycles. The van der Waals surface area contributed by atoms with Crippen LogP contribution >= 0.6 is 7.82 Å². The summed E-state index contributed by atoms with van der Waals surface area (Å²) < 4.78 is 13.6. The Morgan fingerprint density at radius 1 is 1.36 bits per heavy atom. The van der Waals surface area contributed by atoms with Crippen LogP contribution in [0.1, 0.15) is 0 Å². The fourth-order valence-corrected chi connectivity index (χ4v) is 0.446. The molecule has 0 bridgehead atoms. The van der Waals surface area contributed by atoms with Crippen molar-refractivity contribution >= 4 is 7.82 Å². The lowest BCUT2D eigenvalue weighted by Crippen LogP contribution is -2.45. The third kappa shape index (κ3) is 9.95. The maximum Gasteiger partial charge on any atom is 0.470 e. The molecule has 9 heteroatoms. The maximum atomic E-state index is 9.90. The Hall–Kier alpha value is -0.0500. The van der Waals surface area contributed by atoms with Gasteiger partial charge < -0.3 is 25.1 Å². The predicted octanol–water partition coefficient (Wildman–Crippen LogP) is -2.77. The zero-order valence-electron chi connectivity index (χ0n) is 5.21. The largest absolute Gasteiger partial charge is 0.470 e. The third-order valence-corrected chi connectivity index (χ3v) is 1.01. The molecule has 11 heavy (non-hydrogen) atoms. The topological polar surface area (TPSA) is 139 Å². The van der Waals surface area contributed by atoms with Gasteiger partial charge in [0.05, 0.1) is 0 Å². The summed E-state index contributed by atoms with van der Waals surface area (Å²) in [5, 5.41) is 25.7. The van der Waals surface area contributed by atoms with E-state index in [0.717, 1.165) is 0 Å². The molecule has 0 rings (SSSR count). The van der Waals surface area contributed by atoms with Gasteiger partial charge in [-0.25, -0.2) is 9.88 Å². The van der Waals surface area contributed by atoms with Crippen molar-refractivity contribution in [1.29, 1.82) is 0 Å². The van der Waals surface area contributed by atoms with E-state index in [1.165, 1.54) is 5.32 Å². The molecule has 0 aliphatic rings. The minimum Gasteiger partial charge on any atom is -0.330 e. The number of nitrogens with one attached hydrogen (secondary N) is 1. The number of phosphoric ester groups is 1. The molecule has 8 nitrogen and oxygen atoms in total. The van der Waals surface area contributed by atoms with Crippen LogP contribution in [0.25, 0.3) is 0 Å². The first kappa shape index (κ1) is 11.0. The number of aliphatic hydroxyl groups is 3. The summed E-state index contributed by atoms with van der Waals surface area (Å²) in [6.45, 7) is -0.895. The second kappa shape index (κ2) is 3.57. The first-order valence-electron chi connectivity index (χ1n) is 2.33. The molecule has 0 radical (unpaired) electrons. The Balaban J connectivity index is 3.52. The van der Waals surface area contributed by atoms with E-state index < -0.39 is 20.7 Å². The van der Waals surface area contributed by atoms with Gasteiger partial charge in [0, 0.05) is 0 Å². The number of hydrogen-bond donors (Lipinski definition) is 6. The van der Waals surface area contributed by atoms with E-state index in [1.807, 2.05) is 0 Å². The van der Waals surface area contributed by atoms with Gasteiger partial charge in [-0.15, -0.1) is 0 Å². The Morgan fingerprint density at radius 3 is 2.09 bits per heavy atom. The minimum absolute atomic E-state index is 0.895. The third-order valence-electron chi connectivity index (χ3n) is 0.542. The minimum atomic E-state index is -4.65. The van der Waals surface area contributed by atoms with Gasteiger partial charge in [0.2, 0.25) is 0 Å². The van der Waals surface area contributed by atoms with Crippen LogP contribution in [0.4, 0.5) is 0 Å². The molecule has 0 heterocycles. The van der Waals surface area contributed by atoms with E-state index >= 15 is 0 Å². The van der Waals surface area contributed by atoms with Crippen molar-refractivity contribution < 1.29 is 34.2 Å². The van der Waals surface area contributed by atoms with Crippen LogP contribution in [-0.4, -0.2) is 37.9 Å². The van der Waals surface area contributed by atoms with Crippen LogP contribution in [0.2, 0.25) is 0 Å². The summed E-state index contributed by atoms with van der Waals surface area (Å²) in [4.78, 5) is 16.0. The van der Waals surface area contributed by atoms with Gasteiger partial charge in [-0.2, -0.15) is 0 Å². The molecule has 68 valence electrons. The summed E-state index contributed by atoms with van der Waals surface area (Å²) in [6.07, 6.45) is -3.20. The standard InChI is InChI=1S/C2H8NO7P/c4-2(5,6)3-1-10-11(7,8)9/h3-6H,1H2,(H2,7,8,9). The van der Waals surface area contributed by atoms with E-state index in [9.17, 15) is 4.57 Å². The second-order valence-electron chi connectivity index (χ2n) is 1.58. The number of phosphoric acid groups is 1. The highest BCUT2D eigenvalue weighted by molar-refractivity contribution is 7.46. The Bertz CT molecular complexity index is 156. The lowest BCUT2D eigenvalue weighted by atomic mass is 10.9. The van der Waals surface area contributed by atoms with Gasteiger partial charge in [0.1, 0.15) is 6.73 Å². The highest BCUT2D eigenvalue weighted by atomic mass is 31.2. The molecular weight excluding hydrogens is 181 g/mol. The molecule has 0 aromatic carbocycles. The van der Waals surface area contributed by atoms with E-state index in [4.69, 9.17) is 25.1 Å². The summed E-state index contributed by atoms with van der Waals surface area (Å²) in [7, 11) is -4.65. The van der Waals surface area contributed by atoms with Crippen molar-refractivity contribution in [2.24, 2.45) is 0 Å². The summed E-state index contributed by atoms with van der Waals surface area (Å²) in [6, 6.07) is 0. The molecular formula is C2H8NO7P. The predicted molar refractivity (Wildman–Crippen MR) is 30.5 cm³/mol. The molecule has 0 atom stereocenters. The average molecular weight is 189 g/mol. The van der Waals surface area contributed by atoms with Crippen molar-refractivity contribution in [3.63, 3.8) is 0 Å². The maximum absolute atomic E-state index is 9.90. The zero-order valence-corrected chi connectivity index (χ0v) is 6.10. The van der Waals surface area contributed by atoms with Crippen molar-refractivity contribution in [1.82, 2.24) is 5.32 Å². The first-order valence-corrected chi connectivity index (χ1v) is 3.86. The lowest BCUT2D eigenvalue weighted by Gasteiger charge is -2.15. The van der Waals surface area contributed by atoms with Crippen molar-refractivity contribution in [3.8, 4) is 0 Å². The lowest BCUT2D eigenvalue weighted by molar-refractivity contribution is -0.335. The van der Waals surface area contributed by atoms with Crippen molar-refractivity contribution in [3.05, 3.63) is 0 Å². The molecule has 0 fully saturated rings. The monoisotopic (exact) mass is 189 g/mol. The molecule has 0 aliphatic carbocycles. The van der Waals surface area contributed by atoms with Crippen LogP contribution in [0.3, 0.4) is 0 Å². The van der Waals surface area contributed by atoms with E-state index in [0.29, 0.717) is 0 Å². The molecule has 0 saturated heterocycles. The first-order chi connectivity index (χ1) is 4.71. The zero-order chi connectivity index (χ0) is 9.12. The van der Waals surface area contributed by atoms with Crippen LogP contribution < -0.4 is 5.32 Å². The highest BCUT2D eigenvalue weighted by Crippen LogP contribution is 2.34. The quantitative estimate of drug-likeness (QED) is 0.206. The van der Waals surface area contributed by atoms with Gasteiger partial charge in [0.25, 0.3) is 0 Å². The molecule has 0 unspecified atom stereocenters. The van der Waals surface area contributed by atoms with Crippen molar-refractivity contribution in [2.75, 3.05) is 6.73 Å². The fourth-order valence-electron chi connectivity index (χ4n) is 0.213. The Labute approximate surface area is 61.3 Å². The fraction of sp³-hybridized carbons (Fsp3) is 1.00. The molecule has 0 spiro atoms. The van der Waals surface area contributed by atoms with Gasteiger partial charge in [-0.3, -0.25) is 4.52 Å². The molecule has 0 saturated carbocycles. The SMILES string of the molecule is O=P(O)(O)OCNC(O)(O)O. The molecule has 0 aromatic heterocycles. The number of rotatable bonds is 4. The van der Waals surface area contributed by atoms with Crippen LogP contribution in [0, 0.1) is 0 Å². The van der Waals surface area contributed by atoms with Crippen LogP contribution in [-0.2, 0) is 9.09 Å². The normalized spacial score (nSPS) is 13.5. The summed E-state index contributed by atoms with van der Waals surface area (Å²) in [5.74, 6) is 0. The molecule has 0 aromatic rings. The van der Waals surface area contributed by atoms with Gasteiger partial charge >= 0.3 is 13.9 Å².